The number of hydrogen-bond donors (Lipinski definition) is 1. The van der Waals surface area contributed by atoms with E-state index in [-0.39, 0.29) is 18.5 Å². The zero-order valence-corrected chi connectivity index (χ0v) is 17.2. The zero-order chi connectivity index (χ0) is 20.7. The van der Waals surface area contributed by atoms with E-state index >= 15 is 0 Å². The topological polar surface area (TPSA) is 68.2 Å². The average Bonchev–Trinajstić information content (AvgIpc) is 3.24. The number of carbonyl (C=O) groups excluding carboxylic acids is 1. The number of ketones is 1. The van der Waals surface area contributed by atoms with Crippen LogP contribution < -0.4 is 14.2 Å². The summed E-state index contributed by atoms with van der Waals surface area (Å²) < 4.78 is 16.4. The van der Waals surface area contributed by atoms with Crippen LogP contribution in [0, 0.1) is 5.92 Å². The van der Waals surface area contributed by atoms with Crippen LogP contribution in [0.25, 0.3) is 0 Å². The molecule has 2 aromatic rings. The quantitative estimate of drug-likeness (QED) is 0.837. The smallest absolute Gasteiger partial charge is 0.231 e. The SMILES string of the molecule is COc1ccccc1C1(O)CCN(CC2CCc3cc4c(cc3C2=O)OCO4)CC1. The van der Waals surface area contributed by atoms with Crippen molar-refractivity contribution in [3.63, 3.8) is 0 Å². The summed E-state index contributed by atoms with van der Waals surface area (Å²) in [6.07, 6.45) is 2.98. The monoisotopic (exact) mass is 409 g/mol. The summed E-state index contributed by atoms with van der Waals surface area (Å²) in [5.74, 6) is 2.32. The lowest BCUT2D eigenvalue weighted by molar-refractivity contribution is -0.0298. The van der Waals surface area contributed by atoms with Crippen LogP contribution in [-0.2, 0) is 12.0 Å². The molecule has 2 heterocycles. The second kappa shape index (κ2) is 7.60. The molecule has 6 nitrogen and oxygen atoms in total. The van der Waals surface area contributed by atoms with Crippen molar-refractivity contribution >= 4 is 5.78 Å². The van der Waals surface area contributed by atoms with Crippen molar-refractivity contribution in [1.82, 2.24) is 4.90 Å². The van der Waals surface area contributed by atoms with Gasteiger partial charge in [-0.2, -0.15) is 0 Å². The van der Waals surface area contributed by atoms with Crippen molar-refractivity contribution in [2.45, 2.75) is 31.3 Å². The second-order valence-corrected chi connectivity index (χ2v) is 8.49. The lowest BCUT2D eigenvalue weighted by Crippen LogP contribution is -2.45. The summed E-state index contributed by atoms with van der Waals surface area (Å²) in [6, 6.07) is 11.5. The number of fused-ring (bicyclic) bond motifs is 2. The molecule has 1 atom stereocenters. The van der Waals surface area contributed by atoms with Crippen LogP contribution in [0.3, 0.4) is 0 Å². The Hall–Kier alpha value is -2.57. The van der Waals surface area contributed by atoms with Gasteiger partial charge in [-0.15, -0.1) is 0 Å². The number of likely N-dealkylation sites (tertiary alicyclic amines) is 1. The zero-order valence-electron chi connectivity index (χ0n) is 17.2. The fourth-order valence-electron chi connectivity index (χ4n) is 4.99. The summed E-state index contributed by atoms with van der Waals surface area (Å²) in [7, 11) is 1.64. The number of hydrogen-bond acceptors (Lipinski definition) is 6. The number of aliphatic hydroxyl groups is 1. The molecule has 1 saturated heterocycles. The molecule has 0 amide bonds. The lowest BCUT2D eigenvalue weighted by atomic mass is 9.80. The molecular weight excluding hydrogens is 382 g/mol. The van der Waals surface area contributed by atoms with E-state index in [2.05, 4.69) is 4.90 Å². The van der Waals surface area contributed by atoms with Crippen LogP contribution in [0.4, 0.5) is 0 Å². The van der Waals surface area contributed by atoms with E-state index in [0.717, 1.165) is 60.7 Å². The maximum Gasteiger partial charge on any atom is 0.231 e. The fraction of sp³-hybridized carbons (Fsp3) is 0.458. The first-order valence-electron chi connectivity index (χ1n) is 10.6. The molecule has 0 bridgehead atoms. The highest BCUT2D eigenvalue weighted by atomic mass is 16.7. The standard InChI is InChI=1S/C24H27NO5/c1-28-20-5-3-2-4-19(20)24(27)8-10-25(11-9-24)14-17-7-6-16-12-21-22(30-15-29-21)13-18(16)23(17)26/h2-5,12-13,17,27H,6-11,14-15H2,1H3. The van der Waals surface area contributed by atoms with Crippen LogP contribution in [0.1, 0.15) is 40.7 Å². The molecule has 6 heteroatoms. The minimum atomic E-state index is -0.885. The van der Waals surface area contributed by atoms with Crippen LogP contribution >= 0.6 is 0 Å². The molecule has 0 radical (unpaired) electrons. The van der Waals surface area contributed by atoms with Crippen molar-refractivity contribution < 1.29 is 24.1 Å². The Balaban J connectivity index is 1.25. The van der Waals surface area contributed by atoms with Crippen molar-refractivity contribution in [1.29, 1.82) is 0 Å². The van der Waals surface area contributed by atoms with Crippen molar-refractivity contribution in [2.24, 2.45) is 5.92 Å². The highest BCUT2D eigenvalue weighted by Crippen LogP contribution is 2.40. The molecule has 3 aliphatic rings. The van der Waals surface area contributed by atoms with Crippen LogP contribution in [0.5, 0.6) is 17.2 Å². The number of piperidine rings is 1. The highest BCUT2D eigenvalue weighted by Gasteiger charge is 2.38. The van der Waals surface area contributed by atoms with E-state index in [1.807, 2.05) is 36.4 Å². The number of ether oxygens (including phenoxy) is 3. The first kappa shape index (κ1) is 19.4. The van der Waals surface area contributed by atoms with Crippen molar-refractivity contribution in [3.8, 4) is 17.2 Å². The van der Waals surface area contributed by atoms with E-state index in [9.17, 15) is 9.90 Å². The third kappa shape index (κ3) is 3.34. The number of carbonyl (C=O) groups is 1. The number of Topliss-reactive ketones (excluding diaryl/α,β-unsaturated/α-hetero) is 1. The number of para-hydroxylation sites is 1. The Kier molecular flexibility index (Phi) is 4.91. The Morgan fingerprint density at radius 3 is 2.67 bits per heavy atom. The maximum atomic E-state index is 13.1. The Morgan fingerprint density at radius 1 is 1.17 bits per heavy atom. The van der Waals surface area contributed by atoms with E-state index in [4.69, 9.17) is 14.2 Å². The van der Waals surface area contributed by atoms with Crippen LogP contribution in [-0.4, -0.2) is 49.3 Å². The van der Waals surface area contributed by atoms with E-state index in [0.29, 0.717) is 18.6 Å². The molecule has 2 aromatic carbocycles. The molecule has 158 valence electrons. The molecule has 2 aliphatic heterocycles. The molecule has 0 spiro atoms. The minimum absolute atomic E-state index is 0.0182. The van der Waals surface area contributed by atoms with Gasteiger partial charge in [0.1, 0.15) is 5.75 Å². The first-order valence-corrected chi connectivity index (χ1v) is 10.6. The fourth-order valence-corrected chi connectivity index (χ4v) is 4.99. The van der Waals surface area contributed by atoms with E-state index in [1.165, 1.54) is 0 Å². The van der Waals surface area contributed by atoms with Crippen LogP contribution in [0.15, 0.2) is 36.4 Å². The Bertz CT molecular complexity index is 964. The highest BCUT2D eigenvalue weighted by molar-refractivity contribution is 6.01. The summed E-state index contributed by atoms with van der Waals surface area (Å²) in [4.78, 5) is 15.4. The second-order valence-electron chi connectivity index (χ2n) is 8.49. The molecule has 5 rings (SSSR count). The number of rotatable bonds is 4. The van der Waals surface area contributed by atoms with Gasteiger partial charge in [0.15, 0.2) is 17.3 Å². The van der Waals surface area contributed by atoms with Gasteiger partial charge in [-0.1, -0.05) is 18.2 Å². The molecule has 1 unspecified atom stereocenters. The molecule has 30 heavy (non-hydrogen) atoms. The minimum Gasteiger partial charge on any atom is -0.496 e. The van der Waals surface area contributed by atoms with Gasteiger partial charge in [0.2, 0.25) is 6.79 Å². The normalized spacial score (nSPS) is 22.6. The number of nitrogens with zero attached hydrogens (tertiary/aromatic N) is 1. The average molecular weight is 409 g/mol. The van der Waals surface area contributed by atoms with Gasteiger partial charge in [0.05, 0.1) is 12.7 Å². The van der Waals surface area contributed by atoms with Gasteiger partial charge in [-0.3, -0.25) is 4.79 Å². The van der Waals surface area contributed by atoms with Gasteiger partial charge in [-0.05, 0) is 49.4 Å². The maximum absolute atomic E-state index is 13.1. The molecule has 1 N–H and O–H groups in total. The largest absolute Gasteiger partial charge is 0.496 e. The van der Waals surface area contributed by atoms with E-state index in [1.54, 1.807) is 7.11 Å². The lowest BCUT2D eigenvalue weighted by Gasteiger charge is -2.40. The van der Waals surface area contributed by atoms with Crippen molar-refractivity contribution in [3.05, 3.63) is 53.1 Å². The van der Waals surface area contributed by atoms with Gasteiger partial charge in [0.25, 0.3) is 0 Å². The summed E-state index contributed by atoms with van der Waals surface area (Å²) >= 11 is 0. The molecule has 0 saturated carbocycles. The van der Waals surface area contributed by atoms with Crippen LogP contribution in [0.2, 0.25) is 0 Å². The first-order chi connectivity index (χ1) is 14.6. The summed E-state index contributed by atoms with van der Waals surface area (Å²) in [5.41, 5.74) is 1.80. The summed E-state index contributed by atoms with van der Waals surface area (Å²) in [5, 5.41) is 11.3. The van der Waals surface area contributed by atoms with E-state index < -0.39 is 5.60 Å². The summed E-state index contributed by atoms with van der Waals surface area (Å²) in [6.45, 7) is 2.46. The van der Waals surface area contributed by atoms with Gasteiger partial charge in [-0.25, -0.2) is 0 Å². The number of benzene rings is 2. The predicted molar refractivity (Wildman–Crippen MR) is 111 cm³/mol. The molecular formula is C24H27NO5. The third-order valence-electron chi connectivity index (χ3n) is 6.77. The Morgan fingerprint density at radius 2 is 1.90 bits per heavy atom. The van der Waals surface area contributed by atoms with Gasteiger partial charge in [0, 0.05) is 36.7 Å². The molecule has 0 aromatic heterocycles. The van der Waals surface area contributed by atoms with Crippen molar-refractivity contribution in [2.75, 3.05) is 33.5 Å². The molecule has 1 aliphatic carbocycles. The molecule has 1 fully saturated rings. The number of aryl methyl sites for hydroxylation is 1. The predicted octanol–water partition coefficient (Wildman–Crippen LogP) is 3.15. The third-order valence-corrected chi connectivity index (χ3v) is 6.77. The van der Waals surface area contributed by atoms with Gasteiger partial charge < -0.3 is 24.2 Å². The number of methoxy groups -OCH3 is 1. The van der Waals surface area contributed by atoms with Gasteiger partial charge >= 0.3 is 0 Å². The Labute approximate surface area is 176 Å².